The molecular weight excluding hydrogens is 90.1 g/mol. The van der Waals surface area contributed by atoms with Crippen LogP contribution in [-0.4, -0.2) is 18.8 Å². The molecule has 1 aliphatic heterocycles. The summed E-state index contributed by atoms with van der Waals surface area (Å²) in [7, 11) is 0. The molecule has 1 rings (SSSR count). The molecule has 2 N–H and O–H groups in total. The van der Waals surface area contributed by atoms with Gasteiger partial charge in [-0.05, 0) is 6.42 Å². The minimum Gasteiger partial charge on any atom is -0.375 e. The summed E-state index contributed by atoms with van der Waals surface area (Å²) in [5, 5.41) is 0. The summed E-state index contributed by atoms with van der Waals surface area (Å²) in [6.45, 7) is 2.85. The van der Waals surface area contributed by atoms with Gasteiger partial charge in [-0.3, -0.25) is 0 Å². The molecule has 0 saturated carbocycles. The smallest absolute Gasteiger partial charge is 0.0746 e. The summed E-state index contributed by atoms with van der Waals surface area (Å²) in [6, 6.07) is 0.324. The quantitative estimate of drug-likeness (QED) is 0.509. The first-order valence-corrected chi connectivity index (χ1v) is 2.71. The van der Waals surface area contributed by atoms with Crippen LogP contribution < -0.4 is 5.73 Å². The van der Waals surface area contributed by atoms with E-state index in [1.165, 1.54) is 0 Å². The van der Waals surface area contributed by atoms with E-state index < -0.39 is 0 Å². The number of nitrogens with two attached hydrogens (primary N) is 1. The van der Waals surface area contributed by atoms with Crippen LogP contribution >= 0.6 is 0 Å². The van der Waals surface area contributed by atoms with E-state index in [9.17, 15) is 0 Å². The van der Waals surface area contributed by atoms with Gasteiger partial charge < -0.3 is 10.5 Å². The van der Waals surface area contributed by atoms with Crippen molar-refractivity contribution in [3.63, 3.8) is 0 Å². The summed E-state index contributed by atoms with van der Waals surface area (Å²) < 4.78 is 5.07. The zero-order valence-electron chi connectivity index (χ0n) is 4.55. The molecular formula is C5H11NO. The number of hydrogen-bond acceptors (Lipinski definition) is 2. The molecule has 0 radical (unpaired) electrons. The average Bonchev–Trinajstić information content (AvgIpc) is 1.65. The van der Waals surface area contributed by atoms with Crippen LogP contribution in [0.2, 0.25) is 0 Å². The minimum atomic E-state index is 0.324. The molecule has 1 aliphatic rings. The van der Waals surface area contributed by atoms with Gasteiger partial charge in [-0.15, -0.1) is 0 Å². The van der Waals surface area contributed by atoms with Gasteiger partial charge in [-0.2, -0.15) is 0 Å². The zero-order chi connectivity index (χ0) is 5.28. The Kier molecular flexibility index (Phi) is 1.30. The first-order chi connectivity index (χ1) is 3.34. The van der Waals surface area contributed by atoms with Crippen LogP contribution in [0.15, 0.2) is 0 Å². The van der Waals surface area contributed by atoms with Gasteiger partial charge >= 0.3 is 0 Å². The summed E-state index contributed by atoms with van der Waals surface area (Å²) >= 11 is 0. The maximum absolute atomic E-state index is 5.51. The van der Waals surface area contributed by atoms with Gasteiger partial charge in [0.2, 0.25) is 0 Å². The van der Waals surface area contributed by atoms with Crippen molar-refractivity contribution < 1.29 is 4.74 Å². The standard InChI is InChI=1S/C5H11NO/c1-2-5-4(6)3-7-5/h4-5H,2-3,6H2,1H3. The van der Waals surface area contributed by atoms with Gasteiger partial charge in [-0.1, -0.05) is 6.92 Å². The first-order valence-electron chi connectivity index (χ1n) is 2.71. The lowest BCUT2D eigenvalue weighted by molar-refractivity contribution is -0.0735. The van der Waals surface area contributed by atoms with Gasteiger partial charge in [-0.25, -0.2) is 0 Å². The molecule has 0 aromatic heterocycles. The highest BCUT2D eigenvalue weighted by atomic mass is 16.5. The Morgan fingerprint density at radius 3 is 2.57 bits per heavy atom. The van der Waals surface area contributed by atoms with Gasteiger partial charge in [0.1, 0.15) is 0 Å². The zero-order valence-corrected chi connectivity index (χ0v) is 4.55. The molecule has 2 atom stereocenters. The largest absolute Gasteiger partial charge is 0.375 e. The molecule has 0 aromatic carbocycles. The summed E-state index contributed by atoms with van der Waals surface area (Å²) in [5.74, 6) is 0. The van der Waals surface area contributed by atoms with Crippen LogP contribution in [-0.2, 0) is 4.74 Å². The predicted octanol–water partition coefficient (Wildman–Crippen LogP) is 0.123. The Labute approximate surface area is 43.6 Å². The Morgan fingerprint density at radius 2 is 2.57 bits per heavy atom. The van der Waals surface area contributed by atoms with E-state index >= 15 is 0 Å². The normalized spacial score (nSPS) is 40.3. The average molecular weight is 101 g/mol. The molecule has 0 aromatic rings. The molecule has 0 spiro atoms. The Hall–Kier alpha value is -0.0800. The topological polar surface area (TPSA) is 35.2 Å². The highest BCUT2D eigenvalue weighted by Crippen LogP contribution is 2.12. The van der Waals surface area contributed by atoms with Crippen molar-refractivity contribution >= 4 is 0 Å². The fourth-order valence-corrected chi connectivity index (χ4v) is 0.764. The SMILES string of the molecule is CCC1OCC1N. The summed E-state index contributed by atoms with van der Waals surface area (Å²) in [6.07, 6.45) is 1.42. The molecule has 0 amide bonds. The third-order valence-corrected chi connectivity index (χ3v) is 1.38. The van der Waals surface area contributed by atoms with Crippen LogP contribution in [0.1, 0.15) is 13.3 Å². The Bertz CT molecular complexity index is 63.1. The molecule has 7 heavy (non-hydrogen) atoms. The van der Waals surface area contributed by atoms with Crippen molar-refractivity contribution in [2.24, 2.45) is 5.73 Å². The Balaban J connectivity index is 2.16. The lowest BCUT2D eigenvalue weighted by Gasteiger charge is -2.32. The van der Waals surface area contributed by atoms with Crippen molar-refractivity contribution in [3.05, 3.63) is 0 Å². The molecule has 1 heterocycles. The highest BCUT2D eigenvalue weighted by molar-refractivity contribution is 4.79. The fourth-order valence-electron chi connectivity index (χ4n) is 0.764. The lowest BCUT2D eigenvalue weighted by Crippen LogP contribution is -2.50. The molecule has 1 saturated heterocycles. The molecule has 2 heteroatoms. The van der Waals surface area contributed by atoms with Crippen molar-refractivity contribution in [1.29, 1.82) is 0 Å². The lowest BCUT2D eigenvalue weighted by atomic mass is 10.1. The van der Waals surface area contributed by atoms with Gasteiger partial charge in [0.25, 0.3) is 0 Å². The summed E-state index contributed by atoms with van der Waals surface area (Å²) in [5.41, 5.74) is 5.51. The van der Waals surface area contributed by atoms with Crippen LogP contribution in [0.3, 0.4) is 0 Å². The van der Waals surface area contributed by atoms with E-state index in [1.807, 2.05) is 0 Å². The first kappa shape index (κ1) is 5.06. The molecule has 2 unspecified atom stereocenters. The number of ether oxygens (including phenoxy) is 1. The van der Waals surface area contributed by atoms with Crippen molar-refractivity contribution in [1.82, 2.24) is 0 Å². The Morgan fingerprint density at radius 1 is 1.86 bits per heavy atom. The van der Waals surface area contributed by atoms with Gasteiger partial charge in [0.05, 0.1) is 18.8 Å². The van der Waals surface area contributed by atoms with E-state index in [0.717, 1.165) is 13.0 Å². The summed E-state index contributed by atoms with van der Waals surface area (Å²) in [4.78, 5) is 0. The second-order valence-corrected chi connectivity index (χ2v) is 1.94. The second kappa shape index (κ2) is 1.80. The molecule has 2 nitrogen and oxygen atoms in total. The van der Waals surface area contributed by atoms with E-state index in [4.69, 9.17) is 10.5 Å². The monoisotopic (exact) mass is 101 g/mol. The third kappa shape index (κ3) is 0.763. The fraction of sp³-hybridized carbons (Fsp3) is 1.00. The molecule has 0 aliphatic carbocycles. The highest BCUT2D eigenvalue weighted by Gasteiger charge is 2.25. The van der Waals surface area contributed by atoms with E-state index in [2.05, 4.69) is 6.92 Å². The minimum absolute atomic E-state index is 0.324. The second-order valence-electron chi connectivity index (χ2n) is 1.94. The van der Waals surface area contributed by atoms with E-state index in [0.29, 0.717) is 12.1 Å². The maximum atomic E-state index is 5.51. The molecule has 0 bridgehead atoms. The van der Waals surface area contributed by atoms with Crippen molar-refractivity contribution in [2.45, 2.75) is 25.5 Å². The van der Waals surface area contributed by atoms with Crippen molar-refractivity contribution in [3.8, 4) is 0 Å². The van der Waals surface area contributed by atoms with Gasteiger partial charge in [0, 0.05) is 0 Å². The van der Waals surface area contributed by atoms with E-state index in [-0.39, 0.29) is 0 Å². The predicted molar refractivity (Wildman–Crippen MR) is 28.0 cm³/mol. The van der Waals surface area contributed by atoms with Crippen LogP contribution in [0, 0.1) is 0 Å². The molecule has 42 valence electrons. The van der Waals surface area contributed by atoms with Crippen molar-refractivity contribution in [2.75, 3.05) is 6.61 Å². The molecule has 1 fully saturated rings. The van der Waals surface area contributed by atoms with Crippen LogP contribution in [0.5, 0.6) is 0 Å². The van der Waals surface area contributed by atoms with Gasteiger partial charge in [0.15, 0.2) is 0 Å². The van der Waals surface area contributed by atoms with E-state index in [1.54, 1.807) is 0 Å². The third-order valence-electron chi connectivity index (χ3n) is 1.38. The maximum Gasteiger partial charge on any atom is 0.0746 e. The van der Waals surface area contributed by atoms with Crippen LogP contribution in [0.4, 0.5) is 0 Å². The van der Waals surface area contributed by atoms with Crippen LogP contribution in [0.25, 0.3) is 0 Å². The number of hydrogen-bond donors (Lipinski definition) is 1. The number of rotatable bonds is 1.